The molecule has 0 bridgehead atoms. The fourth-order valence-electron chi connectivity index (χ4n) is 1.25. The largest absolute Gasteiger partial charge is 0.530 e. The van der Waals surface area contributed by atoms with Gasteiger partial charge in [0.2, 0.25) is 0 Å². The minimum atomic E-state index is -4.01. The summed E-state index contributed by atoms with van der Waals surface area (Å²) in [6.07, 6.45) is -0.0373. The molecule has 0 fully saturated rings. The van der Waals surface area contributed by atoms with E-state index in [4.69, 9.17) is 24.1 Å². The Morgan fingerprint density at radius 3 is 2.00 bits per heavy atom. The molecule has 22 heavy (non-hydrogen) atoms. The molecule has 0 aliphatic carbocycles. The molecule has 1 rings (SSSR count). The van der Waals surface area contributed by atoms with Crippen molar-refractivity contribution >= 4 is 13.5 Å². The number of phosphoric ester groups is 1. The standard InChI is InChI=1S/C12H12N3O6P/c13-7-1-9-19-22(18,20-10-2-8-14)21-12-5-3-11(4-6-12)15(16)17/h3-6H,1-2,9-10H2. The van der Waals surface area contributed by atoms with Crippen LogP contribution in [0.4, 0.5) is 5.69 Å². The Labute approximate surface area is 126 Å². The maximum Gasteiger partial charge on any atom is 0.530 e. The van der Waals surface area contributed by atoms with E-state index in [1.807, 2.05) is 0 Å². The van der Waals surface area contributed by atoms with Crippen LogP contribution < -0.4 is 4.52 Å². The van der Waals surface area contributed by atoms with Crippen LogP contribution >= 0.6 is 7.82 Å². The zero-order chi connectivity index (χ0) is 16.4. The molecule has 1 aromatic carbocycles. The molecule has 0 N–H and O–H groups in total. The lowest BCUT2D eigenvalue weighted by atomic mass is 10.3. The molecule has 0 aliphatic rings. The van der Waals surface area contributed by atoms with Crippen LogP contribution in [0.15, 0.2) is 24.3 Å². The van der Waals surface area contributed by atoms with E-state index < -0.39 is 12.7 Å². The molecule has 0 radical (unpaired) electrons. The fourth-order valence-corrected chi connectivity index (χ4v) is 2.44. The second-order valence-corrected chi connectivity index (χ2v) is 5.37. The zero-order valence-electron chi connectivity index (χ0n) is 11.4. The first-order valence-corrected chi connectivity index (χ1v) is 7.54. The number of nitro groups is 1. The molecule has 116 valence electrons. The summed E-state index contributed by atoms with van der Waals surface area (Å²) in [6.45, 7) is -0.347. The van der Waals surface area contributed by atoms with Crippen molar-refractivity contribution in [3.05, 3.63) is 34.4 Å². The molecule has 0 aliphatic heterocycles. The van der Waals surface area contributed by atoms with E-state index in [-0.39, 0.29) is 37.5 Å². The Morgan fingerprint density at radius 1 is 1.09 bits per heavy atom. The fraction of sp³-hybridized carbons (Fsp3) is 0.333. The van der Waals surface area contributed by atoms with Crippen LogP contribution in [0.1, 0.15) is 12.8 Å². The van der Waals surface area contributed by atoms with Crippen molar-refractivity contribution < 1.29 is 23.1 Å². The van der Waals surface area contributed by atoms with Gasteiger partial charge in [-0.25, -0.2) is 4.57 Å². The lowest BCUT2D eigenvalue weighted by Crippen LogP contribution is -2.04. The van der Waals surface area contributed by atoms with Crippen LogP contribution in [0.2, 0.25) is 0 Å². The van der Waals surface area contributed by atoms with Gasteiger partial charge in [-0.1, -0.05) is 0 Å². The van der Waals surface area contributed by atoms with Crippen LogP contribution in [-0.4, -0.2) is 18.1 Å². The number of hydrogen-bond donors (Lipinski definition) is 0. The number of nitrogens with zero attached hydrogens (tertiary/aromatic N) is 3. The summed E-state index contributed by atoms with van der Waals surface area (Å²) in [4.78, 5) is 9.96. The van der Waals surface area contributed by atoms with Crippen molar-refractivity contribution in [2.24, 2.45) is 0 Å². The molecule has 0 saturated carbocycles. The first-order valence-electron chi connectivity index (χ1n) is 6.08. The lowest BCUT2D eigenvalue weighted by molar-refractivity contribution is -0.384. The predicted octanol–water partition coefficient (Wildman–Crippen LogP) is 2.94. The average molecular weight is 325 g/mol. The first kappa shape index (κ1) is 17.6. The number of hydrogen-bond acceptors (Lipinski definition) is 8. The van der Waals surface area contributed by atoms with Crippen LogP contribution in [-0.2, 0) is 13.6 Å². The number of phosphoric acid groups is 1. The highest BCUT2D eigenvalue weighted by atomic mass is 31.2. The van der Waals surface area contributed by atoms with Gasteiger partial charge in [-0.2, -0.15) is 10.5 Å². The van der Waals surface area contributed by atoms with Gasteiger partial charge >= 0.3 is 7.82 Å². The second kappa shape index (κ2) is 8.75. The highest BCUT2D eigenvalue weighted by Gasteiger charge is 2.28. The molecule has 0 unspecified atom stereocenters. The van der Waals surface area contributed by atoms with Crippen LogP contribution in [0.25, 0.3) is 0 Å². The van der Waals surface area contributed by atoms with Crippen molar-refractivity contribution in [2.75, 3.05) is 13.2 Å². The SMILES string of the molecule is N#CCCOP(=O)(OCCC#N)Oc1ccc([N+](=O)[O-])cc1. The van der Waals surface area contributed by atoms with Gasteiger partial charge in [-0.3, -0.25) is 19.2 Å². The zero-order valence-corrected chi connectivity index (χ0v) is 12.3. The molecular weight excluding hydrogens is 313 g/mol. The monoisotopic (exact) mass is 325 g/mol. The van der Waals surface area contributed by atoms with Crippen molar-refractivity contribution in [3.8, 4) is 17.9 Å². The van der Waals surface area contributed by atoms with Gasteiger partial charge in [0.25, 0.3) is 5.69 Å². The minimum Gasteiger partial charge on any atom is -0.404 e. The third-order valence-electron chi connectivity index (χ3n) is 2.19. The minimum absolute atomic E-state index is 0.0186. The molecule has 0 saturated heterocycles. The van der Waals surface area contributed by atoms with E-state index in [0.29, 0.717) is 0 Å². The van der Waals surface area contributed by atoms with Gasteiger partial charge in [0.1, 0.15) is 5.75 Å². The second-order valence-electron chi connectivity index (χ2n) is 3.77. The lowest BCUT2D eigenvalue weighted by Gasteiger charge is -2.17. The first-order chi connectivity index (χ1) is 10.5. The normalized spacial score (nSPS) is 10.5. The molecule has 0 spiro atoms. The van der Waals surface area contributed by atoms with Crippen LogP contribution in [0, 0.1) is 32.8 Å². The highest BCUT2D eigenvalue weighted by molar-refractivity contribution is 7.48. The summed E-state index contributed by atoms with van der Waals surface area (Å²) < 4.78 is 27.3. The maximum atomic E-state index is 12.3. The molecule has 10 heteroatoms. The Balaban J connectivity index is 2.78. The smallest absolute Gasteiger partial charge is 0.404 e. The van der Waals surface area contributed by atoms with Crippen molar-refractivity contribution in [1.29, 1.82) is 10.5 Å². The van der Waals surface area contributed by atoms with E-state index in [2.05, 4.69) is 0 Å². The number of nitro benzene ring substituents is 1. The molecule has 0 amide bonds. The van der Waals surface area contributed by atoms with Gasteiger partial charge in [0, 0.05) is 12.1 Å². The molecule has 1 aromatic rings. The molecule has 0 atom stereocenters. The van der Waals surface area contributed by atoms with E-state index >= 15 is 0 Å². The van der Waals surface area contributed by atoms with Crippen LogP contribution in [0.5, 0.6) is 5.75 Å². The molecule has 9 nitrogen and oxygen atoms in total. The Kier molecular flexibility index (Phi) is 7.00. The summed E-state index contributed by atoms with van der Waals surface area (Å²) in [7, 11) is -4.01. The van der Waals surface area contributed by atoms with Gasteiger partial charge in [-0.15, -0.1) is 0 Å². The quantitative estimate of drug-likeness (QED) is 0.292. The number of benzene rings is 1. The molecule has 0 heterocycles. The van der Waals surface area contributed by atoms with Gasteiger partial charge in [0.05, 0.1) is 43.1 Å². The molecular formula is C12H12N3O6P. The number of rotatable bonds is 9. The van der Waals surface area contributed by atoms with Gasteiger partial charge in [0.15, 0.2) is 0 Å². The summed E-state index contributed by atoms with van der Waals surface area (Å²) in [5.74, 6) is 0.0443. The van der Waals surface area contributed by atoms with Crippen molar-refractivity contribution in [2.45, 2.75) is 12.8 Å². The number of non-ortho nitro benzene ring substituents is 1. The summed E-state index contributed by atoms with van der Waals surface area (Å²) in [5.41, 5.74) is -0.155. The number of nitriles is 2. The Hall–Kier alpha value is -2.45. The van der Waals surface area contributed by atoms with E-state index in [9.17, 15) is 14.7 Å². The van der Waals surface area contributed by atoms with E-state index in [1.54, 1.807) is 12.1 Å². The summed E-state index contributed by atoms with van der Waals surface area (Å²) in [6, 6.07) is 8.44. The topological polar surface area (TPSA) is 135 Å². The summed E-state index contributed by atoms with van der Waals surface area (Å²) in [5, 5.41) is 27.4. The van der Waals surface area contributed by atoms with Crippen molar-refractivity contribution in [1.82, 2.24) is 0 Å². The van der Waals surface area contributed by atoms with Crippen molar-refractivity contribution in [3.63, 3.8) is 0 Å². The van der Waals surface area contributed by atoms with Gasteiger partial charge < -0.3 is 4.52 Å². The average Bonchev–Trinajstić information content (AvgIpc) is 2.48. The highest BCUT2D eigenvalue weighted by Crippen LogP contribution is 2.49. The third kappa shape index (κ3) is 5.90. The third-order valence-corrected chi connectivity index (χ3v) is 3.62. The Morgan fingerprint density at radius 2 is 1.59 bits per heavy atom. The van der Waals surface area contributed by atoms with E-state index in [0.717, 1.165) is 0 Å². The summed E-state index contributed by atoms with van der Waals surface area (Å²) >= 11 is 0. The molecule has 0 aromatic heterocycles. The van der Waals surface area contributed by atoms with E-state index in [1.165, 1.54) is 24.3 Å². The predicted molar refractivity (Wildman–Crippen MR) is 73.7 cm³/mol. The maximum absolute atomic E-state index is 12.3. The van der Waals surface area contributed by atoms with Gasteiger partial charge in [-0.05, 0) is 12.1 Å². The van der Waals surface area contributed by atoms with Crippen LogP contribution in [0.3, 0.4) is 0 Å². The Bertz CT molecular complexity index is 610.